The summed E-state index contributed by atoms with van der Waals surface area (Å²) in [5, 5.41) is 0. The highest BCUT2D eigenvalue weighted by molar-refractivity contribution is 5.75. The number of rotatable bonds is 3. The molecule has 0 aliphatic carbocycles. The lowest BCUT2D eigenvalue weighted by Crippen LogP contribution is -2.22. The molecule has 5 heteroatoms. The summed E-state index contributed by atoms with van der Waals surface area (Å²) >= 11 is 0. The van der Waals surface area contributed by atoms with Gasteiger partial charge in [0.25, 0.3) is 0 Å². The molecule has 1 heterocycles. The van der Waals surface area contributed by atoms with Crippen LogP contribution >= 0.6 is 0 Å². The first-order valence-corrected chi connectivity index (χ1v) is 4.07. The Morgan fingerprint density at radius 2 is 2.38 bits per heavy atom. The second-order valence-electron chi connectivity index (χ2n) is 3.07. The van der Waals surface area contributed by atoms with E-state index < -0.39 is 0 Å². The number of anilines is 1. The lowest BCUT2D eigenvalue weighted by molar-refractivity contribution is -0.128. The highest BCUT2D eigenvalue weighted by Gasteiger charge is 2.03. The van der Waals surface area contributed by atoms with Crippen LogP contribution in [0.4, 0.5) is 5.82 Å². The quantitative estimate of drug-likeness (QED) is 0.712. The molecule has 0 aromatic carbocycles. The summed E-state index contributed by atoms with van der Waals surface area (Å²) in [6.07, 6.45) is 3.81. The van der Waals surface area contributed by atoms with E-state index in [9.17, 15) is 4.79 Å². The predicted molar refractivity (Wildman–Crippen MR) is 50.0 cm³/mol. The number of nitrogen functional groups attached to an aromatic ring is 1. The molecule has 0 saturated heterocycles. The van der Waals surface area contributed by atoms with Crippen LogP contribution in [0.2, 0.25) is 0 Å². The zero-order valence-electron chi connectivity index (χ0n) is 7.90. The standard InChI is InChI=1S/C8H14N4O/c1-11(2)8(13)3-4-12-5-7(9)10-6-12/h5-6H,3-4,9H2,1-2H3. The minimum absolute atomic E-state index is 0.104. The fraction of sp³-hybridized carbons (Fsp3) is 0.500. The number of aromatic nitrogens is 2. The average molecular weight is 182 g/mol. The van der Waals surface area contributed by atoms with Crippen LogP contribution in [0.3, 0.4) is 0 Å². The number of aryl methyl sites for hydroxylation is 1. The Kier molecular flexibility index (Phi) is 2.89. The van der Waals surface area contributed by atoms with E-state index in [1.165, 1.54) is 0 Å². The van der Waals surface area contributed by atoms with Crippen molar-refractivity contribution in [2.75, 3.05) is 19.8 Å². The van der Waals surface area contributed by atoms with Gasteiger partial charge in [-0.05, 0) is 0 Å². The molecule has 0 fully saturated rings. The molecule has 13 heavy (non-hydrogen) atoms. The van der Waals surface area contributed by atoms with Crippen molar-refractivity contribution in [3.63, 3.8) is 0 Å². The highest BCUT2D eigenvalue weighted by atomic mass is 16.2. The van der Waals surface area contributed by atoms with Crippen LogP contribution in [0, 0.1) is 0 Å². The van der Waals surface area contributed by atoms with Crippen molar-refractivity contribution in [2.24, 2.45) is 0 Å². The molecule has 0 spiro atoms. The van der Waals surface area contributed by atoms with Crippen LogP contribution in [0.5, 0.6) is 0 Å². The van der Waals surface area contributed by atoms with Gasteiger partial charge in [-0.25, -0.2) is 4.98 Å². The van der Waals surface area contributed by atoms with Gasteiger partial charge < -0.3 is 15.2 Å². The number of nitrogens with zero attached hydrogens (tertiary/aromatic N) is 3. The number of carbonyl (C=O) groups is 1. The van der Waals surface area contributed by atoms with Gasteiger partial charge in [0.2, 0.25) is 5.91 Å². The molecular formula is C8H14N4O. The van der Waals surface area contributed by atoms with E-state index in [1.807, 2.05) is 0 Å². The van der Waals surface area contributed by atoms with Crippen molar-refractivity contribution >= 4 is 11.7 Å². The molecule has 1 aromatic heterocycles. The van der Waals surface area contributed by atoms with Crippen LogP contribution in [-0.4, -0.2) is 34.5 Å². The van der Waals surface area contributed by atoms with E-state index in [0.29, 0.717) is 18.8 Å². The third-order valence-corrected chi connectivity index (χ3v) is 1.74. The first-order valence-electron chi connectivity index (χ1n) is 4.07. The summed E-state index contributed by atoms with van der Waals surface area (Å²) in [6.45, 7) is 0.626. The lowest BCUT2D eigenvalue weighted by Gasteiger charge is -2.09. The summed E-state index contributed by atoms with van der Waals surface area (Å²) in [6, 6.07) is 0. The Morgan fingerprint density at radius 3 is 2.85 bits per heavy atom. The van der Waals surface area contributed by atoms with E-state index >= 15 is 0 Å². The normalized spacial score (nSPS) is 10.0. The van der Waals surface area contributed by atoms with Gasteiger partial charge in [0.05, 0.1) is 6.33 Å². The molecule has 0 atom stereocenters. The SMILES string of the molecule is CN(C)C(=O)CCn1cnc(N)c1. The van der Waals surface area contributed by atoms with Crippen molar-refractivity contribution in [2.45, 2.75) is 13.0 Å². The van der Waals surface area contributed by atoms with Crippen molar-refractivity contribution in [1.29, 1.82) is 0 Å². The molecule has 0 radical (unpaired) electrons. The minimum atomic E-state index is 0.104. The molecule has 0 bridgehead atoms. The van der Waals surface area contributed by atoms with Gasteiger partial charge in [-0.3, -0.25) is 4.79 Å². The third kappa shape index (κ3) is 2.77. The Balaban J connectivity index is 2.39. The summed E-state index contributed by atoms with van der Waals surface area (Å²) in [5.41, 5.74) is 5.42. The maximum Gasteiger partial charge on any atom is 0.223 e. The maximum absolute atomic E-state index is 11.2. The molecule has 0 aliphatic rings. The number of amides is 1. The first-order chi connectivity index (χ1) is 6.09. The van der Waals surface area contributed by atoms with Crippen molar-refractivity contribution < 1.29 is 4.79 Å². The van der Waals surface area contributed by atoms with E-state index in [1.54, 1.807) is 36.1 Å². The Labute approximate surface area is 77.2 Å². The van der Waals surface area contributed by atoms with Gasteiger partial charge in [-0.1, -0.05) is 0 Å². The summed E-state index contributed by atoms with van der Waals surface area (Å²) in [5.74, 6) is 0.588. The van der Waals surface area contributed by atoms with E-state index in [0.717, 1.165) is 0 Å². The van der Waals surface area contributed by atoms with Gasteiger partial charge >= 0.3 is 0 Å². The average Bonchev–Trinajstić information content (AvgIpc) is 2.47. The number of nitrogens with two attached hydrogens (primary N) is 1. The molecule has 0 saturated carbocycles. The highest BCUT2D eigenvalue weighted by Crippen LogP contribution is 1.98. The molecule has 72 valence electrons. The monoisotopic (exact) mass is 182 g/mol. The Bertz CT molecular complexity index is 292. The van der Waals surface area contributed by atoms with Gasteiger partial charge in [-0.2, -0.15) is 0 Å². The fourth-order valence-electron chi connectivity index (χ4n) is 0.948. The molecule has 5 nitrogen and oxygen atoms in total. The summed E-state index contributed by atoms with van der Waals surface area (Å²) in [7, 11) is 3.48. The lowest BCUT2D eigenvalue weighted by atomic mass is 10.4. The van der Waals surface area contributed by atoms with Gasteiger partial charge in [0, 0.05) is 33.3 Å². The largest absolute Gasteiger partial charge is 0.382 e. The molecule has 1 rings (SSSR count). The van der Waals surface area contributed by atoms with Gasteiger partial charge in [-0.15, -0.1) is 0 Å². The topological polar surface area (TPSA) is 64.2 Å². The summed E-state index contributed by atoms with van der Waals surface area (Å²) in [4.78, 5) is 16.6. The zero-order chi connectivity index (χ0) is 9.84. The summed E-state index contributed by atoms with van der Waals surface area (Å²) < 4.78 is 1.80. The Hall–Kier alpha value is -1.52. The van der Waals surface area contributed by atoms with Crippen molar-refractivity contribution in [3.8, 4) is 0 Å². The van der Waals surface area contributed by atoms with Crippen LogP contribution in [0.1, 0.15) is 6.42 Å². The number of hydrogen-bond donors (Lipinski definition) is 1. The number of carbonyl (C=O) groups excluding carboxylic acids is 1. The number of imidazole rings is 1. The Morgan fingerprint density at radius 1 is 1.69 bits per heavy atom. The van der Waals surface area contributed by atoms with E-state index in [-0.39, 0.29) is 5.91 Å². The predicted octanol–water partition coefficient (Wildman–Crippen LogP) is -0.0564. The first kappa shape index (κ1) is 9.57. The molecule has 1 amide bonds. The molecule has 0 unspecified atom stereocenters. The number of hydrogen-bond acceptors (Lipinski definition) is 3. The van der Waals surface area contributed by atoms with Crippen LogP contribution < -0.4 is 5.73 Å². The molecular weight excluding hydrogens is 168 g/mol. The van der Waals surface area contributed by atoms with Crippen molar-refractivity contribution in [1.82, 2.24) is 14.5 Å². The second-order valence-corrected chi connectivity index (χ2v) is 3.07. The maximum atomic E-state index is 11.2. The smallest absolute Gasteiger partial charge is 0.223 e. The van der Waals surface area contributed by atoms with E-state index in [2.05, 4.69) is 4.98 Å². The second kappa shape index (κ2) is 3.93. The van der Waals surface area contributed by atoms with Crippen LogP contribution in [-0.2, 0) is 11.3 Å². The van der Waals surface area contributed by atoms with E-state index in [4.69, 9.17) is 5.73 Å². The fourth-order valence-corrected chi connectivity index (χ4v) is 0.948. The van der Waals surface area contributed by atoms with Gasteiger partial charge in [0.15, 0.2) is 0 Å². The van der Waals surface area contributed by atoms with Crippen molar-refractivity contribution in [3.05, 3.63) is 12.5 Å². The van der Waals surface area contributed by atoms with Crippen LogP contribution in [0.25, 0.3) is 0 Å². The molecule has 1 aromatic rings. The molecule has 0 aliphatic heterocycles. The minimum Gasteiger partial charge on any atom is -0.382 e. The molecule has 2 N–H and O–H groups in total. The third-order valence-electron chi connectivity index (χ3n) is 1.74. The van der Waals surface area contributed by atoms with Crippen LogP contribution in [0.15, 0.2) is 12.5 Å². The zero-order valence-corrected chi connectivity index (χ0v) is 7.90. The van der Waals surface area contributed by atoms with Gasteiger partial charge in [0.1, 0.15) is 5.82 Å².